The molecule has 14 heteroatoms. The third-order valence-electron chi connectivity index (χ3n) is 21.5. The van der Waals surface area contributed by atoms with Gasteiger partial charge in [0, 0.05) is 88.0 Å². The number of aliphatic hydroxyl groups is 3. The fourth-order valence-corrected chi connectivity index (χ4v) is 15.4. The second kappa shape index (κ2) is 38.4. The average molecular weight is 1410 g/mol. The van der Waals surface area contributed by atoms with E-state index in [0.29, 0.717) is 50.0 Å². The van der Waals surface area contributed by atoms with Gasteiger partial charge < -0.3 is 40.0 Å². The van der Waals surface area contributed by atoms with E-state index in [9.17, 15) is 40.7 Å². The number of nitrogens with zero attached hydrogens (tertiary/aromatic N) is 6. The number of non-ortho nitro benzene ring substituents is 2. The van der Waals surface area contributed by atoms with Gasteiger partial charge in [0.25, 0.3) is 11.4 Å². The normalized spacial score (nSPS) is 16.2. The number of hydrogen-bond donors (Lipinski definition) is 4. The first-order chi connectivity index (χ1) is 51.3. The highest BCUT2D eigenvalue weighted by Crippen LogP contribution is 2.42. The largest absolute Gasteiger partial charge is 0.508 e. The van der Waals surface area contributed by atoms with Crippen molar-refractivity contribution in [2.45, 2.75) is 122 Å². The summed E-state index contributed by atoms with van der Waals surface area (Å²) < 4.78 is 0. The Balaban J connectivity index is 0.000000157. The molecule has 4 aliphatic rings. The lowest BCUT2D eigenvalue weighted by atomic mass is 9.85. The second-order valence-electron chi connectivity index (χ2n) is 28.5. The molecule has 0 aromatic heterocycles. The van der Waals surface area contributed by atoms with Crippen molar-refractivity contribution >= 4 is 50.5 Å². The van der Waals surface area contributed by atoms with Crippen molar-refractivity contribution < 1.29 is 30.3 Å². The Bertz CT molecular complexity index is 4270. The van der Waals surface area contributed by atoms with E-state index in [-0.39, 0.29) is 46.8 Å². The SMILES string of the molecule is CC(C)N1CCC(c2ccc(/C(=C(/CCCO)c3ccccc3)c3ccc([N+](=O)[O-])cc3)cc2)CC1.CCN1CCN(c2ccc(/C(=C(/CCCO)c3ccccc3)c3ccc([N+](=O)[O-])cc3)cc2)CC1.OCCC/C(=C(\c1ccc(O)cc1)c1ccc(C2CCN(C3CC3)CC2)cc1)c1ccccc1. The molecule has 0 atom stereocenters. The number of allylic oxidation sites excluding steroid dienone is 3. The Hall–Kier alpha value is -9.64. The van der Waals surface area contributed by atoms with E-state index in [4.69, 9.17) is 0 Å². The van der Waals surface area contributed by atoms with Gasteiger partial charge in [-0.3, -0.25) is 20.2 Å². The average Bonchev–Trinajstić information content (AvgIpc) is 1.70. The summed E-state index contributed by atoms with van der Waals surface area (Å²) in [5.74, 6) is 1.49. The first kappa shape index (κ1) is 76.5. The zero-order chi connectivity index (χ0) is 73.4. The van der Waals surface area contributed by atoms with Crippen molar-refractivity contribution in [1.82, 2.24) is 14.7 Å². The van der Waals surface area contributed by atoms with Crippen LogP contribution in [-0.2, 0) is 0 Å². The minimum Gasteiger partial charge on any atom is -0.508 e. The molecule has 13 rings (SSSR count). The molecule has 3 saturated heterocycles. The number of phenols is 1. The fourth-order valence-electron chi connectivity index (χ4n) is 15.4. The Kier molecular flexibility index (Phi) is 28.0. The number of likely N-dealkylation sites (tertiary alicyclic amines) is 2. The van der Waals surface area contributed by atoms with Crippen LogP contribution < -0.4 is 4.90 Å². The summed E-state index contributed by atoms with van der Waals surface area (Å²) in [4.78, 5) is 31.9. The molecule has 4 fully saturated rings. The van der Waals surface area contributed by atoms with Gasteiger partial charge in [-0.05, 0) is 279 Å². The number of hydrogen-bond acceptors (Lipinski definition) is 12. The molecule has 0 bridgehead atoms. The van der Waals surface area contributed by atoms with Gasteiger partial charge in [0.05, 0.1) is 9.85 Å². The number of piperazine rings is 1. The van der Waals surface area contributed by atoms with E-state index < -0.39 is 0 Å². The van der Waals surface area contributed by atoms with Crippen molar-refractivity contribution in [3.63, 3.8) is 0 Å². The van der Waals surface area contributed by atoms with Gasteiger partial charge in [-0.1, -0.05) is 171 Å². The lowest BCUT2D eigenvalue weighted by Gasteiger charge is -2.35. The molecular formula is C91H104N6O8. The molecule has 0 amide bonds. The van der Waals surface area contributed by atoms with Crippen LogP contribution in [0.3, 0.4) is 0 Å². The van der Waals surface area contributed by atoms with Crippen LogP contribution in [0.5, 0.6) is 5.75 Å². The minimum atomic E-state index is -0.371. The van der Waals surface area contributed by atoms with Gasteiger partial charge >= 0.3 is 0 Å². The highest BCUT2D eigenvalue weighted by atomic mass is 16.6. The fraction of sp³-hybridized carbons (Fsp3) is 0.341. The van der Waals surface area contributed by atoms with E-state index in [0.717, 1.165) is 120 Å². The molecule has 0 radical (unpaired) electrons. The Morgan fingerprint density at radius 2 is 0.724 bits per heavy atom. The molecule has 546 valence electrons. The maximum atomic E-state index is 11.3. The van der Waals surface area contributed by atoms with Crippen LogP contribution in [0.15, 0.2) is 237 Å². The van der Waals surface area contributed by atoms with Crippen molar-refractivity contribution in [3.05, 3.63) is 318 Å². The number of nitro benzene ring substituents is 2. The summed E-state index contributed by atoms with van der Waals surface area (Å²) in [7, 11) is 0. The molecule has 1 saturated carbocycles. The first-order valence-electron chi connectivity index (χ1n) is 38.0. The smallest absolute Gasteiger partial charge is 0.269 e. The van der Waals surface area contributed by atoms with E-state index in [1.165, 1.54) is 90.7 Å². The van der Waals surface area contributed by atoms with Gasteiger partial charge in [0.15, 0.2) is 0 Å². The second-order valence-corrected chi connectivity index (χ2v) is 28.5. The number of benzene rings is 9. The molecule has 0 spiro atoms. The van der Waals surface area contributed by atoms with Gasteiger partial charge in [0.1, 0.15) is 5.75 Å². The first-order valence-corrected chi connectivity index (χ1v) is 38.0. The maximum absolute atomic E-state index is 11.3. The number of anilines is 1. The summed E-state index contributed by atoms with van der Waals surface area (Å²) in [6.45, 7) is 17.1. The summed E-state index contributed by atoms with van der Waals surface area (Å²) >= 11 is 0. The van der Waals surface area contributed by atoms with Crippen LogP contribution in [0.4, 0.5) is 17.1 Å². The monoisotopic (exact) mass is 1410 g/mol. The third kappa shape index (κ3) is 20.7. The van der Waals surface area contributed by atoms with Crippen LogP contribution in [0.1, 0.15) is 171 Å². The molecule has 3 heterocycles. The van der Waals surface area contributed by atoms with Crippen LogP contribution in [0, 0.1) is 20.2 Å². The van der Waals surface area contributed by atoms with Gasteiger partial charge in [0.2, 0.25) is 0 Å². The Morgan fingerprint density at radius 3 is 1.04 bits per heavy atom. The van der Waals surface area contributed by atoms with Gasteiger partial charge in [-0.2, -0.15) is 0 Å². The summed E-state index contributed by atoms with van der Waals surface area (Å²) in [5.41, 5.74) is 20.6. The summed E-state index contributed by atoms with van der Waals surface area (Å²) in [6, 6.07) is 80.2. The standard InChI is InChI=1S/C31H36N2O3.C31H35NO2.C29H33N3O3/c1-23(2)32-20-18-25(19-21-32)24-10-12-27(13-11-24)31(28-14-16-29(17-15-28)33(35)36)30(9-6-22-34)26-7-4-3-5-8-26;33-22-4-7-30(25-5-2-1-3-6-25)31(27-12-16-29(34)17-13-27)26-10-8-23(9-11-26)24-18-20-32(21-19-24)28-14-15-28;1-2-30-18-20-31(21-19-30)26-14-10-24(11-15-26)29(25-12-16-27(17-13-25)32(34)35)28(9-6-22-33)23-7-4-3-5-8-23/h3-5,7-8,10-17,23,25,34H,6,9,18-22H2,1-2H3;1-3,5-6,8-13,16-17,24,28,33-34H,4,7,14-15,18-22H2;3-5,7-8,10-17,33H,2,6,9,18-22H2,1H3/b2*31-30+;29-28+. The Morgan fingerprint density at radius 1 is 0.400 bits per heavy atom. The molecule has 3 aliphatic heterocycles. The topological polar surface area (TPSA) is 180 Å². The third-order valence-corrected chi connectivity index (χ3v) is 21.5. The number of aliphatic hydroxyl groups excluding tert-OH is 3. The molecule has 9 aromatic rings. The summed E-state index contributed by atoms with van der Waals surface area (Å²) in [6.07, 6.45) is 11.8. The van der Waals surface area contributed by atoms with Crippen LogP contribution in [0.25, 0.3) is 33.4 Å². The van der Waals surface area contributed by atoms with Gasteiger partial charge in [-0.25, -0.2) is 0 Å². The lowest BCUT2D eigenvalue weighted by molar-refractivity contribution is -0.385. The number of aromatic hydroxyl groups is 1. The van der Waals surface area contributed by atoms with Crippen LogP contribution in [0.2, 0.25) is 0 Å². The molecule has 14 nitrogen and oxygen atoms in total. The molecule has 1 aliphatic carbocycles. The molecule has 4 N–H and O–H groups in total. The predicted molar refractivity (Wildman–Crippen MR) is 429 cm³/mol. The zero-order valence-corrected chi connectivity index (χ0v) is 61.4. The van der Waals surface area contributed by atoms with E-state index >= 15 is 0 Å². The predicted octanol–water partition coefficient (Wildman–Crippen LogP) is 18.8. The highest BCUT2D eigenvalue weighted by molar-refractivity contribution is 6.01. The molecule has 9 aromatic carbocycles. The molecule has 105 heavy (non-hydrogen) atoms. The number of nitro groups is 2. The van der Waals surface area contributed by atoms with Crippen molar-refractivity contribution in [1.29, 1.82) is 0 Å². The van der Waals surface area contributed by atoms with Crippen molar-refractivity contribution in [3.8, 4) is 5.75 Å². The summed E-state index contributed by atoms with van der Waals surface area (Å²) in [5, 5.41) is 61.2. The van der Waals surface area contributed by atoms with E-state index in [1.807, 2.05) is 78.9 Å². The highest BCUT2D eigenvalue weighted by Gasteiger charge is 2.33. The number of likely N-dealkylation sites (N-methyl/N-ethyl adjacent to an activating group) is 1. The maximum Gasteiger partial charge on any atom is 0.269 e. The van der Waals surface area contributed by atoms with Crippen molar-refractivity contribution in [2.75, 3.05) is 83.6 Å². The molecular weight excluding hydrogens is 1310 g/mol. The van der Waals surface area contributed by atoms with Gasteiger partial charge in [-0.15, -0.1) is 0 Å². The van der Waals surface area contributed by atoms with Crippen molar-refractivity contribution in [2.24, 2.45) is 0 Å². The number of phenolic OH excluding ortho intramolecular Hbond substituents is 1. The zero-order valence-electron chi connectivity index (χ0n) is 61.4. The molecule has 0 unspecified atom stereocenters. The van der Waals surface area contributed by atoms with E-state index in [1.54, 1.807) is 36.4 Å². The van der Waals surface area contributed by atoms with Crippen LogP contribution in [-0.4, -0.2) is 136 Å². The quantitative estimate of drug-likeness (QED) is 0.0229. The van der Waals surface area contributed by atoms with E-state index in [2.05, 4.69) is 162 Å². The Labute approximate surface area is 621 Å². The number of piperidine rings is 2. The minimum absolute atomic E-state index is 0.0753. The number of rotatable bonds is 26. The lowest BCUT2D eigenvalue weighted by Crippen LogP contribution is -2.46. The van der Waals surface area contributed by atoms with Crippen LogP contribution >= 0.6 is 0 Å².